The molecule has 2 aromatic heterocycles. The van der Waals surface area contributed by atoms with E-state index in [9.17, 15) is 9.59 Å². The van der Waals surface area contributed by atoms with Crippen molar-refractivity contribution in [3.63, 3.8) is 0 Å². The SMILES string of the molecule is O=C(O)c1cccc(COc2c(-c3ccco3)oc3ccc(Cl)cc3c2=O)c1. The van der Waals surface area contributed by atoms with Gasteiger partial charge >= 0.3 is 5.97 Å². The summed E-state index contributed by atoms with van der Waals surface area (Å²) in [7, 11) is 0. The molecule has 2 heterocycles. The average molecular weight is 397 g/mol. The molecule has 7 heteroatoms. The zero-order valence-electron chi connectivity index (χ0n) is 14.3. The smallest absolute Gasteiger partial charge is 0.335 e. The zero-order chi connectivity index (χ0) is 19.7. The third kappa shape index (κ3) is 3.37. The van der Waals surface area contributed by atoms with Crippen LogP contribution in [0.25, 0.3) is 22.5 Å². The van der Waals surface area contributed by atoms with Gasteiger partial charge in [0, 0.05) is 5.02 Å². The highest BCUT2D eigenvalue weighted by atomic mass is 35.5. The molecule has 0 amide bonds. The molecule has 6 nitrogen and oxygen atoms in total. The Hall–Kier alpha value is -3.51. The standard InChI is InChI=1S/C21H13ClO6/c22-14-6-7-16-15(10-14)18(23)20(19(28-16)17-5-2-8-26-17)27-11-12-3-1-4-13(9-12)21(24)25/h1-10H,11H2,(H,24,25). The van der Waals surface area contributed by atoms with Crippen LogP contribution in [0.15, 0.2) is 74.5 Å². The molecule has 0 saturated heterocycles. The number of carboxylic acid groups (broad SMARTS) is 1. The van der Waals surface area contributed by atoms with Crippen LogP contribution in [-0.2, 0) is 6.61 Å². The highest BCUT2D eigenvalue weighted by molar-refractivity contribution is 6.31. The maximum absolute atomic E-state index is 13.0. The summed E-state index contributed by atoms with van der Waals surface area (Å²) < 4.78 is 17.0. The number of carbonyl (C=O) groups is 1. The number of benzene rings is 2. The van der Waals surface area contributed by atoms with Gasteiger partial charge in [0.1, 0.15) is 12.2 Å². The van der Waals surface area contributed by atoms with Gasteiger partial charge in [0.05, 0.1) is 17.2 Å². The maximum Gasteiger partial charge on any atom is 0.335 e. The van der Waals surface area contributed by atoms with E-state index in [2.05, 4.69) is 0 Å². The summed E-state index contributed by atoms with van der Waals surface area (Å²) in [5.74, 6) is -0.592. The highest BCUT2D eigenvalue weighted by Gasteiger charge is 2.20. The Balaban J connectivity index is 1.79. The van der Waals surface area contributed by atoms with Gasteiger partial charge in [0.25, 0.3) is 0 Å². The van der Waals surface area contributed by atoms with Crippen molar-refractivity contribution in [2.45, 2.75) is 6.61 Å². The van der Waals surface area contributed by atoms with Crippen LogP contribution in [0.1, 0.15) is 15.9 Å². The molecular formula is C21H13ClO6. The van der Waals surface area contributed by atoms with E-state index in [-0.39, 0.29) is 29.1 Å². The van der Waals surface area contributed by atoms with Crippen molar-refractivity contribution in [2.24, 2.45) is 0 Å². The maximum atomic E-state index is 13.0. The van der Waals surface area contributed by atoms with Gasteiger partial charge < -0.3 is 18.7 Å². The van der Waals surface area contributed by atoms with E-state index in [4.69, 9.17) is 30.3 Å². The molecule has 0 unspecified atom stereocenters. The van der Waals surface area contributed by atoms with Crippen LogP contribution in [0.4, 0.5) is 0 Å². The van der Waals surface area contributed by atoms with Crippen LogP contribution in [-0.4, -0.2) is 11.1 Å². The number of carboxylic acids is 1. The minimum atomic E-state index is -1.04. The molecule has 0 aliphatic carbocycles. The summed E-state index contributed by atoms with van der Waals surface area (Å²) in [6.07, 6.45) is 1.46. The number of rotatable bonds is 5. The lowest BCUT2D eigenvalue weighted by Crippen LogP contribution is -2.10. The van der Waals surface area contributed by atoms with E-state index >= 15 is 0 Å². The summed E-state index contributed by atoms with van der Waals surface area (Å²) >= 11 is 6.01. The zero-order valence-corrected chi connectivity index (χ0v) is 15.1. The van der Waals surface area contributed by atoms with Crippen LogP contribution < -0.4 is 10.2 Å². The van der Waals surface area contributed by atoms with Crippen molar-refractivity contribution in [2.75, 3.05) is 0 Å². The van der Waals surface area contributed by atoms with Crippen LogP contribution in [0, 0.1) is 0 Å². The van der Waals surface area contributed by atoms with E-state index < -0.39 is 11.4 Å². The second kappa shape index (κ2) is 7.25. The van der Waals surface area contributed by atoms with Gasteiger partial charge in [0.2, 0.25) is 16.9 Å². The van der Waals surface area contributed by atoms with E-state index in [1.807, 2.05) is 0 Å². The van der Waals surface area contributed by atoms with E-state index in [1.54, 1.807) is 36.4 Å². The molecule has 0 aliphatic rings. The fraction of sp³-hybridized carbons (Fsp3) is 0.0476. The molecule has 28 heavy (non-hydrogen) atoms. The minimum absolute atomic E-state index is 0.0222. The van der Waals surface area contributed by atoms with Gasteiger partial charge in [-0.1, -0.05) is 23.7 Å². The van der Waals surface area contributed by atoms with Crippen molar-refractivity contribution in [3.05, 3.63) is 87.2 Å². The number of ether oxygens (including phenoxy) is 1. The molecule has 0 fully saturated rings. The van der Waals surface area contributed by atoms with E-state index in [0.29, 0.717) is 21.9 Å². The summed E-state index contributed by atoms with van der Waals surface area (Å²) in [6, 6.07) is 14.3. The van der Waals surface area contributed by atoms with Crippen molar-refractivity contribution in [1.29, 1.82) is 0 Å². The van der Waals surface area contributed by atoms with Crippen LogP contribution in [0.2, 0.25) is 5.02 Å². The van der Waals surface area contributed by atoms with E-state index in [0.717, 1.165) is 0 Å². The van der Waals surface area contributed by atoms with Crippen molar-refractivity contribution < 1.29 is 23.5 Å². The van der Waals surface area contributed by atoms with Gasteiger partial charge in [-0.25, -0.2) is 4.79 Å². The van der Waals surface area contributed by atoms with Crippen molar-refractivity contribution in [1.82, 2.24) is 0 Å². The molecule has 0 aliphatic heterocycles. The fourth-order valence-corrected chi connectivity index (χ4v) is 2.97. The topological polar surface area (TPSA) is 89.9 Å². The summed E-state index contributed by atoms with van der Waals surface area (Å²) in [6.45, 7) is -0.0222. The number of hydrogen-bond acceptors (Lipinski definition) is 5. The predicted molar refractivity (Wildman–Crippen MR) is 103 cm³/mol. The quantitative estimate of drug-likeness (QED) is 0.511. The third-order valence-electron chi connectivity index (χ3n) is 4.11. The molecule has 0 bridgehead atoms. The molecule has 140 valence electrons. The van der Waals surface area contributed by atoms with Crippen LogP contribution in [0.3, 0.4) is 0 Å². The molecule has 0 radical (unpaired) electrons. The predicted octanol–water partition coefficient (Wildman–Crippen LogP) is 4.98. The van der Waals surface area contributed by atoms with Gasteiger partial charge in [-0.2, -0.15) is 0 Å². The molecule has 2 aromatic carbocycles. The van der Waals surface area contributed by atoms with Gasteiger partial charge in [0.15, 0.2) is 5.76 Å². The first-order valence-corrected chi connectivity index (χ1v) is 8.66. The van der Waals surface area contributed by atoms with Gasteiger partial charge in [-0.3, -0.25) is 4.79 Å². The van der Waals surface area contributed by atoms with Crippen molar-refractivity contribution in [3.8, 4) is 17.3 Å². The number of furan rings is 1. The van der Waals surface area contributed by atoms with Crippen LogP contribution in [0.5, 0.6) is 5.75 Å². The summed E-state index contributed by atoms with van der Waals surface area (Å²) in [5.41, 5.74) is 0.672. The molecule has 0 spiro atoms. The number of halogens is 1. The Labute approximate surface area is 163 Å². The second-order valence-corrected chi connectivity index (χ2v) is 6.44. The molecule has 4 rings (SSSR count). The number of aromatic carboxylic acids is 1. The summed E-state index contributed by atoms with van der Waals surface area (Å²) in [4.78, 5) is 24.2. The normalized spacial score (nSPS) is 10.9. The lowest BCUT2D eigenvalue weighted by molar-refractivity contribution is 0.0696. The Morgan fingerprint density at radius 1 is 1.11 bits per heavy atom. The first kappa shape index (κ1) is 17.9. The molecule has 1 N–H and O–H groups in total. The Kier molecular flexibility index (Phi) is 4.63. The van der Waals surface area contributed by atoms with Crippen LogP contribution >= 0.6 is 11.6 Å². The lowest BCUT2D eigenvalue weighted by atomic mass is 10.1. The second-order valence-electron chi connectivity index (χ2n) is 6.00. The monoisotopic (exact) mass is 396 g/mol. The first-order chi connectivity index (χ1) is 13.5. The Bertz CT molecular complexity index is 1220. The van der Waals surface area contributed by atoms with Gasteiger partial charge in [-0.05, 0) is 48.0 Å². The fourth-order valence-electron chi connectivity index (χ4n) is 2.80. The minimum Gasteiger partial charge on any atom is -0.481 e. The molecule has 4 aromatic rings. The Morgan fingerprint density at radius 3 is 2.71 bits per heavy atom. The third-order valence-corrected chi connectivity index (χ3v) is 4.35. The molecular weight excluding hydrogens is 384 g/mol. The average Bonchev–Trinajstić information content (AvgIpc) is 3.22. The largest absolute Gasteiger partial charge is 0.481 e. The number of fused-ring (bicyclic) bond motifs is 1. The van der Waals surface area contributed by atoms with E-state index in [1.165, 1.54) is 24.5 Å². The first-order valence-electron chi connectivity index (χ1n) is 8.28. The number of hydrogen-bond donors (Lipinski definition) is 1. The van der Waals surface area contributed by atoms with Crippen molar-refractivity contribution >= 4 is 28.5 Å². The Morgan fingerprint density at radius 2 is 1.96 bits per heavy atom. The highest BCUT2D eigenvalue weighted by Crippen LogP contribution is 2.32. The lowest BCUT2D eigenvalue weighted by Gasteiger charge is -2.11. The molecule has 0 atom stereocenters. The molecule has 0 saturated carbocycles. The summed E-state index contributed by atoms with van der Waals surface area (Å²) in [5, 5.41) is 9.79. The van der Waals surface area contributed by atoms with Gasteiger partial charge in [-0.15, -0.1) is 0 Å².